The minimum Gasteiger partial charge on any atom is -0.310 e. The second-order valence-corrected chi connectivity index (χ2v) is 14.0. The normalized spacial score (nSPS) is 14.3. The molecule has 0 amide bonds. The number of benzene rings is 7. The van der Waals surface area contributed by atoms with Crippen molar-refractivity contribution < 1.29 is 0 Å². The average Bonchev–Trinajstić information content (AvgIpc) is 3.19. The molecule has 0 N–H and O–H groups in total. The van der Waals surface area contributed by atoms with Crippen molar-refractivity contribution in [3.63, 3.8) is 0 Å². The molecule has 0 unspecified atom stereocenters. The molecule has 3 nitrogen and oxygen atoms in total. The summed E-state index contributed by atoms with van der Waals surface area (Å²) in [6.07, 6.45) is 0. The van der Waals surface area contributed by atoms with Crippen molar-refractivity contribution in [3.8, 4) is 28.3 Å². The molecular weight excluding hydrogens is 619 g/mol. The maximum atomic E-state index is 10.2. The zero-order valence-electron chi connectivity index (χ0n) is 28.4. The fourth-order valence-corrected chi connectivity index (χ4v) is 8.65. The molecule has 0 bridgehead atoms. The molecule has 0 aromatic heterocycles. The maximum Gasteiger partial charge on any atom is 0.187 e. The van der Waals surface area contributed by atoms with E-state index in [0.717, 1.165) is 50.4 Å². The summed E-state index contributed by atoms with van der Waals surface area (Å²) in [5, 5.41) is 10.2. The van der Waals surface area contributed by atoms with Crippen molar-refractivity contribution in [1.29, 1.82) is 5.26 Å². The quantitative estimate of drug-likeness (QED) is 0.178. The van der Waals surface area contributed by atoms with Gasteiger partial charge in [-0.05, 0) is 98.1 Å². The van der Waals surface area contributed by atoms with E-state index in [1.807, 2.05) is 18.2 Å². The van der Waals surface area contributed by atoms with Crippen LogP contribution in [0.15, 0.2) is 164 Å². The van der Waals surface area contributed by atoms with Crippen LogP contribution in [0.25, 0.3) is 27.1 Å². The third-order valence-corrected chi connectivity index (χ3v) is 10.9. The van der Waals surface area contributed by atoms with E-state index >= 15 is 0 Å². The van der Waals surface area contributed by atoms with Crippen molar-refractivity contribution in [3.05, 3.63) is 214 Å². The Morgan fingerprint density at radius 2 is 1.06 bits per heavy atom. The second kappa shape index (κ2) is 11.4. The number of nitriles is 1. The first-order valence-corrected chi connectivity index (χ1v) is 17.3. The Balaban J connectivity index is 1.32. The van der Waals surface area contributed by atoms with Crippen LogP contribution in [-0.2, 0) is 10.8 Å². The predicted octanol–water partition coefficient (Wildman–Crippen LogP) is 12.2. The van der Waals surface area contributed by atoms with E-state index in [4.69, 9.17) is 6.57 Å². The third-order valence-electron chi connectivity index (χ3n) is 10.9. The summed E-state index contributed by atoms with van der Waals surface area (Å²) in [6.45, 7) is 12.5. The molecule has 1 spiro atoms. The number of anilines is 3. The molecule has 240 valence electrons. The summed E-state index contributed by atoms with van der Waals surface area (Å²) in [7, 11) is 0. The van der Waals surface area contributed by atoms with E-state index in [-0.39, 0.29) is 5.41 Å². The molecule has 7 aromatic rings. The number of fused-ring (bicyclic) bond motifs is 8. The highest BCUT2D eigenvalue weighted by atomic mass is 15.2. The molecule has 0 fully saturated rings. The molecule has 1 heterocycles. The highest BCUT2D eigenvalue weighted by molar-refractivity contribution is 5.92. The molecule has 0 saturated heterocycles. The number of hydrogen-bond acceptors (Lipinski definition) is 2. The van der Waals surface area contributed by atoms with Gasteiger partial charge in [-0.1, -0.05) is 135 Å². The number of rotatable bonds is 3. The van der Waals surface area contributed by atoms with E-state index in [9.17, 15) is 5.26 Å². The standard InChI is InChI=1S/C48H33N3/c1-47(2)39-25-23-32(31-49)27-43(39)48(44-30-37(50-3)24-26-40(44)47)41-19-7-9-21-45(41)51(46-22-10-8-20-42(46)48)38-18-12-17-36(29-38)35-16-11-15-34(28-35)33-13-5-4-6-14-33/h4-30H,1-2H3. The zero-order chi connectivity index (χ0) is 34.7. The fourth-order valence-electron chi connectivity index (χ4n) is 8.65. The highest BCUT2D eigenvalue weighted by Crippen LogP contribution is 2.63. The van der Waals surface area contributed by atoms with Gasteiger partial charge in [0.05, 0.1) is 35.0 Å². The van der Waals surface area contributed by atoms with Gasteiger partial charge in [0, 0.05) is 11.1 Å². The van der Waals surface area contributed by atoms with Crippen LogP contribution in [0.4, 0.5) is 22.7 Å². The lowest BCUT2D eigenvalue weighted by Gasteiger charge is -2.52. The summed E-state index contributed by atoms with van der Waals surface area (Å²) in [5.41, 5.74) is 14.8. The second-order valence-electron chi connectivity index (χ2n) is 14.0. The van der Waals surface area contributed by atoms with E-state index in [0.29, 0.717) is 11.3 Å². The van der Waals surface area contributed by atoms with Crippen LogP contribution in [0.5, 0.6) is 0 Å². The van der Waals surface area contributed by atoms with Crippen LogP contribution >= 0.6 is 0 Å². The lowest BCUT2D eigenvalue weighted by atomic mass is 9.53. The Labute approximate surface area is 299 Å². The number of para-hydroxylation sites is 2. The molecule has 1 aliphatic carbocycles. The van der Waals surface area contributed by atoms with Gasteiger partial charge in [-0.2, -0.15) is 5.26 Å². The number of hydrogen-bond donors (Lipinski definition) is 0. The van der Waals surface area contributed by atoms with E-state index in [2.05, 4.69) is 175 Å². The van der Waals surface area contributed by atoms with Gasteiger partial charge in [0.15, 0.2) is 5.69 Å². The lowest BCUT2D eigenvalue weighted by molar-refractivity contribution is 0.556. The van der Waals surface area contributed by atoms with Gasteiger partial charge >= 0.3 is 0 Å². The number of nitrogens with zero attached hydrogens (tertiary/aromatic N) is 3. The molecule has 7 aromatic carbocycles. The highest BCUT2D eigenvalue weighted by Gasteiger charge is 2.53. The van der Waals surface area contributed by atoms with Crippen molar-refractivity contribution in [2.24, 2.45) is 0 Å². The maximum absolute atomic E-state index is 10.2. The summed E-state index contributed by atoms with van der Waals surface area (Å²) < 4.78 is 0. The molecule has 3 heteroatoms. The van der Waals surface area contributed by atoms with E-state index in [1.54, 1.807) is 0 Å². The van der Waals surface area contributed by atoms with Gasteiger partial charge in [-0.15, -0.1) is 0 Å². The summed E-state index contributed by atoms with van der Waals surface area (Å²) in [6, 6.07) is 60.2. The monoisotopic (exact) mass is 651 g/mol. The van der Waals surface area contributed by atoms with Crippen molar-refractivity contribution in [2.45, 2.75) is 24.7 Å². The van der Waals surface area contributed by atoms with Crippen LogP contribution < -0.4 is 4.90 Å². The SMILES string of the molecule is [C-]#[N+]c1ccc2c(c1)C1(c3ccccc3N(c3cccc(-c4cccc(-c5ccccc5)c4)c3)c3ccccc31)c1cc(C#N)ccc1C2(C)C. The third kappa shape index (κ3) is 4.42. The largest absolute Gasteiger partial charge is 0.310 e. The molecule has 0 atom stereocenters. The van der Waals surface area contributed by atoms with Crippen LogP contribution in [0.3, 0.4) is 0 Å². The van der Waals surface area contributed by atoms with Gasteiger partial charge in [0.1, 0.15) is 0 Å². The fraction of sp³-hybridized carbons (Fsp3) is 0.0833. The van der Waals surface area contributed by atoms with Gasteiger partial charge in [-0.3, -0.25) is 0 Å². The Bertz CT molecular complexity index is 2480. The van der Waals surface area contributed by atoms with Crippen LogP contribution in [0, 0.1) is 17.9 Å². The molecule has 51 heavy (non-hydrogen) atoms. The van der Waals surface area contributed by atoms with Gasteiger partial charge < -0.3 is 4.90 Å². The Morgan fingerprint density at radius 1 is 0.510 bits per heavy atom. The van der Waals surface area contributed by atoms with Crippen molar-refractivity contribution in [2.75, 3.05) is 4.90 Å². The lowest BCUT2D eigenvalue weighted by Crippen LogP contribution is -2.45. The molecule has 0 saturated carbocycles. The van der Waals surface area contributed by atoms with Gasteiger partial charge in [-0.25, -0.2) is 4.85 Å². The Hall–Kier alpha value is -6.68. The van der Waals surface area contributed by atoms with Gasteiger partial charge in [0.25, 0.3) is 0 Å². The molecule has 2 aliphatic rings. The van der Waals surface area contributed by atoms with Crippen molar-refractivity contribution in [1.82, 2.24) is 0 Å². The van der Waals surface area contributed by atoms with Gasteiger partial charge in [0.2, 0.25) is 0 Å². The van der Waals surface area contributed by atoms with Crippen LogP contribution in [0.1, 0.15) is 52.8 Å². The van der Waals surface area contributed by atoms with E-state index < -0.39 is 5.41 Å². The first-order chi connectivity index (χ1) is 24.9. The summed E-state index contributed by atoms with van der Waals surface area (Å²) >= 11 is 0. The molecule has 9 rings (SSSR count). The van der Waals surface area contributed by atoms with Crippen LogP contribution in [-0.4, -0.2) is 0 Å². The average molecular weight is 652 g/mol. The topological polar surface area (TPSA) is 31.4 Å². The van der Waals surface area contributed by atoms with E-state index in [1.165, 1.54) is 22.3 Å². The predicted molar refractivity (Wildman–Crippen MR) is 207 cm³/mol. The first-order valence-electron chi connectivity index (χ1n) is 17.3. The summed E-state index contributed by atoms with van der Waals surface area (Å²) in [5.74, 6) is 0. The first kappa shape index (κ1) is 30.4. The smallest absolute Gasteiger partial charge is 0.187 e. The molecular formula is C48H33N3. The van der Waals surface area contributed by atoms with Crippen LogP contribution in [0.2, 0.25) is 0 Å². The zero-order valence-corrected chi connectivity index (χ0v) is 28.4. The Kier molecular flexibility index (Phi) is 6.82. The molecule has 1 aliphatic heterocycles. The summed E-state index contributed by atoms with van der Waals surface area (Å²) in [4.78, 5) is 6.30. The Morgan fingerprint density at radius 3 is 1.73 bits per heavy atom. The van der Waals surface area contributed by atoms with Crippen molar-refractivity contribution >= 4 is 22.7 Å². The molecule has 0 radical (unpaired) electrons. The minimum absolute atomic E-state index is 0.353. The minimum atomic E-state index is -0.765.